The Balaban J connectivity index is 2.83. The third kappa shape index (κ3) is 4.72. The third-order valence-corrected chi connectivity index (χ3v) is 2.58. The lowest BCUT2D eigenvalue weighted by molar-refractivity contribution is 0.408. The zero-order chi connectivity index (χ0) is 13.5. The Morgan fingerprint density at radius 1 is 1.28 bits per heavy atom. The maximum absolute atomic E-state index is 8.90. The molecule has 0 aliphatic carbocycles. The zero-order valence-corrected chi connectivity index (χ0v) is 11.7. The molecule has 4 heteroatoms. The van der Waals surface area contributed by atoms with Crippen molar-refractivity contribution in [2.45, 2.75) is 13.8 Å². The van der Waals surface area contributed by atoms with Gasteiger partial charge in [0.05, 0.1) is 0 Å². The van der Waals surface area contributed by atoms with Crippen LogP contribution < -0.4 is 4.90 Å². The van der Waals surface area contributed by atoms with Crippen LogP contribution in [0, 0.1) is 17.2 Å². The molecule has 0 saturated heterocycles. The van der Waals surface area contributed by atoms with Gasteiger partial charge in [0, 0.05) is 19.6 Å². The molecule has 98 valence electrons. The lowest BCUT2D eigenvalue weighted by Gasteiger charge is -2.27. The van der Waals surface area contributed by atoms with Gasteiger partial charge in [-0.2, -0.15) is 5.26 Å². The number of nitriles is 1. The van der Waals surface area contributed by atoms with Crippen LogP contribution in [0.15, 0.2) is 18.2 Å². The number of pyridine rings is 1. The molecular weight excluding hydrogens is 224 g/mol. The SMILES string of the molecule is CC(C)CN(CCN(C)C)c1cccc(C#N)n1. The average molecular weight is 246 g/mol. The summed E-state index contributed by atoms with van der Waals surface area (Å²) in [6, 6.07) is 7.70. The number of rotatable bonds is 6. The van der Waals surface area contributed by atoms with Gasteiger partial charge in [0.2, 0.25) is 0 Å². The second kappa shape index (κ2) is 6.97. The van der Waals surface area contributed by atoms with E-state index in [4.69, 9.17) is 5.26 Å². The van der Waals surface area contributed by atoms with Gasteiger partial charge >= 0.3 is 0 Å². The quantitative estimate of drug-likeness (QED) is 0.770. The average Bonchev–Trinajstić information content (AvgIpc) is 2.34. The molecule has 0 unspecified atom stereocenters. The highest BCUT2D eigenvalue weighted by atomic mass is 15.2. The van der Waals surface area contributed by atoms with E-state index in [1.807, 2.05) is 12.1 Å². The second-order valence-corrected chi connectivity index (χ2v) is 5.14. The van der Waals surface area contributed by atoms with Crippen molar-refractivity contribution < 1.29 is 0 Å². The number of nitrogens with zero attached hydrogens (tertiary/aromatic N) is 4. The molecule has 0 radical (unpaired) electrons. The zero-order valence-electron chi connectivity index (χ0n) is 11.7. The van der Waals surface area contributed by atoms with Crippen LogP contribution in [0.25, 0.3) is 0 Å². The molecule has 0 spiro atoms. The summed E-state index contributed by atoms with van der Waals surface area (Å²) in [4.78, 5) is 8.76. The molecule has 1 aromatic rings. The van der Waals surface area contributed by atoms with Gasteiger partial charge in [-0.05, 0) is 32.1 Å². The van der Waals surface area contributed by atoms with Crippen molar-refractivity contribution in [1.82, 2.24) is 9.88 Å². The Bertz CT molecular complexity index is 407. The molecule has 0 N–H and O–H groups in total. The van der Waals surface area contributed by atoms with Crippen molar-refractivity contribution in [3.8, 4) is 6.07 Å². The first kappa shape index (κ1) is 14.5. The summed E-state index contributed by atoms with van der Waals surface area (Å²) >= 11 is 0. The number of hydrogen-bond acceptors (Lipinski definition) is 4. The van der Waals surface area contributed by atoms with E-state index >= 15 is 0 Å². The maximum Gasteiger partial charge on any atom is 0.142 e. The summed E-state index contributed by atoms with van der Waals surface area (Å²) in [5.74, 6) is 1.46. The van der Waals surface area contributed by atoms with Gasteiger partial charge in [-0.25, -0.2) is 4.98 Å². The summed E-state index contributed by atoms with van der Waals surface area (Å²) in [5.41, 5.74) is 0.478. The number of aromatic nitrogens is 1. The Labute approximate surface area is 110 Å². The number of hydrogen-bond donors (Lipinski definition) is 0. The van der Waals surface area contributed by atoms with Crippen molar-refractivity contribution in [3.63, 3.8) is 0 Å². The van der Waals surface area contributed by atoms with Gasteiger partial charge in [0.25, 0.3) is 0 Å². The lowest BCUT2D eigenvalue weighted by atomic mass is 10.2. The van der Waals surface area contributed by atoms with Crippen molar-refractivity contribution in [2.24, 2.45) is 5.92 Å². The van der Waals surface area contributed by atoms with Crippen molar-refractivity contribution >= 4 is 5.82 Å². The second-order valence-electron chi connectivity index (χ2n) is 5.14. The van der Waals surface area contributed by atoms with Gasteiger partial charge in [0.15, 0.2) is 0 Å². The van der Waals surface area contributed by atoms with Crippen LogP contribution in [0.2, 0.25) is 0 Å². The van der Waals surface area contributed by atoms with Gasteiger partial charge in [-0.3, -0.25) is 0 Å². The fraction of sp³-hybridized carbons (Fsp3) is 0.571. The Hall–Kier alpha value is -1.60. The Morgan fingerprint density at radius 2 is 2.00 bits per heavy atom. The van der Waals surface area contributed by atoms with Crippen LogP contribution in [0.3, 0.4) is 0 Å². The van der Waals surface area contributed by atoms with Crippen molar-refractivity contribution in [2.75, 3.05) is 38.6 Å². The lowest BCUT2D eigenvalue weighted by Crippen LogP contribution is -2.35. The molecule has 0 aliphatic rings. The molecule has 1 rings (SSSR count). The van der Waals surface area contributed by atoms with Crippen molar-refractivity contribution in [3.05, 3.63) is 23.9 Å². The van der Waals surface area contributed by atoms with Gasteiger partial charge in [0.1, 0.15) is 17.6 Å². The van der Waals surface area contributed by atoms with Crippen LogP contribution in [0.5, 0.6) is 0 Å². The van der Waals surface area contributed by atoms with Crippen LogP contribution in [-0.2, 0) is 0 Å². The highest BCUT2D eigenvalue weighted by Crippen LogP contribution is 2.13. The maximum atomic E-state index is 8.90. The molecular formula is C14H22N4. The highest BCUT2D eigenvalue weighted by Gasteiger charge is 2.10. The van der Waals surface area contributed by atoms with Gasteiger partial charge in [-0.15, -0.1) is 0 Å². The number of likely N-dealkylation sites (N-methyl/N-ethyl adjacent to an activating group) is 1. The molecule has 18 heavy (non-hydrogen) atoms. The smallest absolute Gasteiger partial charge is 0.142 e. The Morgan fingerprint density at radius 3 is 2.56 bits per heavy atom. The van der Waals surface area contributed by atoms with Crippen LogP contribution >= 0.6 is 0 Å². The Kier molecular flexibility index (Phi) is 5.60. The fourth-order valence-corrected chi connectivity index (χ4v) is 1.72. The third-order valence-electron chi connectivity index (χ3n) is 2.58. The van der Waals surface area contributed by atoms with Crippen LogP contribution in [0.1, 0.15) is 19.5 Å². The predicted octanol–water partition coefficient (Wildman–Crippen LogP) is 1.98. The van der Waals surface area contributed by atoms with E-state index in [0.29, 0.717) is 11.6 Å². The van der Waals surface area contributed by atoms with E-state index in [-0.39, 0.29) is 0 Å². The molecule has 0 saturated carbocycles. The van der Waals surface area contributed by atoms with Gasteiger partial charge in [-0.1, -0.05) is 19.9 Å². The minimum Gasteiger partial charge on any atom is -0.355 e. The summed E-state index contributed by atoms with van der Waals surface area (Å²) in [6.07, 6.45) is 0. The minimum atomic E-state index is 0.478. The molecule has 0 aliphatic heterocycles. The summed E-state index contributed by atoms with van der Waals surface area (Å²) in [5, 5.41) is 8.90. The summed E-state index contributed by atoms with van der Waals surface area (Å²) in [6.45, 7) is 7.24. The van der Waals surface area contributed by atoms with Crippen LogP contribution in [0.4, 0.5) is 5.82 Å². The van der Waals surface area contributed by atoms with E-state index in [9.17, 15) is 0 Å². The molecule has 1 heterocycles. The first-order chi connectivity index (χ1) is 8.52. The first-order valence-corrected chi connectivity index (χ1v) is 6.29. The highest BCUT2D eigenvalue weighted by molar-refractivity contribution is 5.41. The predicted molar refractivity (Wildman–Crippen MR) is 74.6 cm³/mol. The standard InChI is InChI=1S/C14H22N4/c1-12(2)11-18(9-8-17(3)4)14-7-5-6-13(10-15)16-14/h5-7,12H,8-9,11H2,1-4H3. The monoisotopic (exact) mass is 246 g/mol. The summed E-state index contributed by atoms with van der Waals surface area (Å²) in [7, 11) is 4.12. The first-order valence-electron chi connectivity index (χ1n) is 6.29. The minimum absolute atomic E-state index is 0.478. The molecule has 0 bridgehead atoms. The van der Waals surface area contributed by atoms with Gasteiger partial charge < -0.3 is 9.80 Å². The molecule has 0 atom stereocenters. The largest absolute Gasteiger partial charge is 0.355 e. The molecule has 1 aromatic heterocycles. The normalized spacial score (nSPS) is 10.7. The van der Waals surface area contributed by atoms with E-state index in [1.165, 1.54) is 0 Å². The molecule has 0 amide bonds. The molecule has 4 nitrogen and oxygen atoms in total. The van der Waals surface area contributed by atoms with E-state index in [2.05, 4.69) is 48.8 Å². The van der Waals surface area contributed by atoms with E-state index in [1.54, 1.807) is 6.07 Å². The van der Waals surface area contributed by atoms with E-state index < -0.39 is 0 Å². The fourth-order valence-electron chi connectivity index (χ4n) is 1.72. The summed E-state index contributed by atoms with van der Waals surface area (Å²) < 4.78 is 0. The number of anilines is 1. The molecule has 0 aromatic carbocycles. The van der Waals surface area contributed by atoms with Crippen molar-refractivity contribution in [1.29, 1.82) is 5.26 Å². The van der Waals surface area contributed by atoms with Crippen LogP contribution in [-0.4, -0.2) is 43.6 Å². The van der Waals surface area contributed by atoms with E-state index in [0.717, 1.165) is 25.5 Å². The topological polar surface area (TPSA) is 43.2 Å². The molecule has 0 fully saturated rings.